The third kappa shape index (κ3) is 4.50. The third-order valence-electron chi connectivity index (χ3n) is 3.72. The summed E-state index contributed by atoms with van der Waals surface area (Å²) in [6, 6.07) is 7.69. The van der Waals surface area contributed by atoms with Crippen LogP contribution in [0.3, 0.4) is 0 Å². The fourth-order valence-electron chi connectivity index (χ4n) is 2.68. The maximum absolute atomic E-state index is 13.8. The zero-order valence-electron chi connectivity index (χ0n) is 11.7. The molecule has 0 aliphatic heterocycles. The minimum absolute atomic E-state index is 0.0778. The molecule has 19 heavy (non-hydrogen) atoms. The minimum atomic E-state index is -0.0778. The molecule has 1 N–H and O–H groups in total. The van der Waals surface area contributed by atoms with Crippen molar-refractivity contribution >= 4 is 11.8 Å². The number of hydrogen-bond donors (Lipinski definition) is 1. The Morgan fingerprint density at radius 2 is 2.00 bits per heavy atom. The van der Waals surface area contributed by atoms with E-state index in [1.807, 2.05) is 12.1 Å². The van der Waals surface area contributed by atoms with Gasteiger partial charge in [-0.3, -0.25) is 0 Å². The van der Waals surface area contributed by atoms with E-state index in [9.17, 15) is 4.39 Å². The van der Waals surface area contributed by atoms with Gasteiger partial charge >= 0.3 is 0 Å². The summed E-state index contributed by atoms with van der Waals surface area (Å²) in [6.07, 6.45) is 7.48. The molecule has 0 aromatic heterocycles. The Bertz CT molecular complexity index is 383. The van der Waals surface area contributed by atoms with Crippen LogP contribution in [0, 0.1) is 5.82 Å². The highest BCUT2D eigenvalue weighted by molar-refractivity contribution is 8.00. The van der Waals surface area contributed by atoms with Gasteiger partial charge in [0.05, 0.1) is 0 Å². The Kier molecular flexibility index (Phi) is 6.18. The minimum Gasteiger partial charge on any atom is -0.313 e. The molecule has 106 valence electrons. The van der Waals surface area contributed by atoms with Gasteiger partial charge in [0.15, 0.2) is 0 Å². The zero-order chi connectivity index (χ0) is 13.5. The first kappa shape index (κ1) is 14.9. The van der Waals surface area contributed by atoms with Gasteiger partial charge in [0.2, 0.25) is 0 Å². The van der Waals surface area contributed by atoms with Gasteiger partial charge in [-0.15, -0.1) is 11.8 Å². The molecule has 0 heterocycles. The second-order valence-electron chi connectivity index (χ2n) is 5.29. The van der Waals surface area contributed by atoms with Crippen LogP contribution >= 0.6 is 11.8 Å². The van der Waals surface area contributed by atoms with Crippen LogP contribution in [0.2, 0.25) is 0 Å². The van der Waals surface area contributed by atoms with Gasteiger partial charge in [0.1, 0.15) is 5.82 Å². The second-order valence-corrected chi connectivity index (χ2v) is 6.57. The summed E-state index contributed by atoms with van der Waals surface area (Å²) in [4.78, 5) is 0.803. The normalized spacial score (nSPS) is 24.1. The molecule has 2 atom stereocenters. The van der Waals surface area contributed by atoms with Crippen molar-refractivity contribution in [1.82, 2.24) is 5.32 Å². The van der Waals surface area contributed by atoms with Crippen molar-refractivity contribution in [3.05, 3.63) is 30.1 Å². The topological polar surface area (TPSA) is 12.0 Å². The molecule has 1 nitrogen and oxygen atoms in total. The molecule has 0 spiro atoms. The summed E-state index contributed by atoms with van der Waals surface area (Å²) < 4.78 is 13.8. The molecule has 1 aromatic rings. The fourth-order valence-corrected chi connectivity index (χ4v) is 4.03. The molecule has 0 amide bonds. The highest BCUT2D eigenvalue weighted by Gasteiger charge is 2.24. The van der Waals surface area contributed by atoms with Gasteiger partial charge in [-0.1, -0.05) is 38.3 Å². The van der Waals surface area contributed by atoms with Gasteiger partial charge in [0, 0.05) is 16.2 Å². The van der Waals surface area contributed by atoms with E-state index in [1.54, 1.807) is 23.9 Å². The lowest BCUT2D eigenvalue weighted by atomic mass is 10.1. The van der Waals surface area contributed by atoms with Crippen molar-refractivity contribution in [3.63, 3.8) is 0 Å². The maximum atomic E-state index is 13.8. The first-order valence-corrected chi connectivity index (χ1v) is 8.33. The highest BCUT2D eigenvalue weighted by atomic mass is 32.2. The number of hydrogen-bond acceptors (Lipinski definition) is 2. The average Bonchev–Trinajstić information content (AvgIpc) is 2.64. The number of halogens is 1. The van der Waals surface area contributed by atoms with E-state index in [0.29, 0.717) is 11.3 Å². The molecule has 1 aliphatic rings. The molecule has 0 radical (unpaired) electrons. The van der Waals surface area contributed by atoms with E-state index >= 15 is 0 Å². The fraction of sp³-hybridized carbons (Fsp3) is 0.625. The van der Waals surface area contributed by atoms with Crippen molar-refractivity contribution in [2.24, 2.45) is 0 Å². The summed E-state index contributed by atoms with van der Waals surface area (Å²) in [5.74, 6) is -0.0778. The quantitative estimate of drug-likeness (QED) is 0.790. The van der Waals surface area contributed by atoms with Crippen molar-refractivity contribution < 1.29 is 4.39 Å². The molecule has 0 bridgehead atoms. The van der Waals surface area contributed by atoms with Crippen LogP contribution in [-0.2, 0) is 0 Å². The van der Waals surface area contributed by atoms with E-state index in [0.717, 1.165) is 17.9 Å². The molecular weight excluding hydrogens is 257 g/mol. The van der Waals surface area contributed by atoms with E-state index in [4.69, 9.17) is 0 Å². The SMILES string of the molecule is CCCNC1CCCCCC1Sc1ccccc1F. The van der Waals surface area contributed by atoms with E-state index in [2.05, 4.69) is 12.2 Å². The Labute approximate surface area is 120 Å². The highest BCUT2D eigenvalue weighted by Crippen LogP contribution is 2.34. The Morgan fingerprint density at radius 1 is 1.21 bits per heavy atom. The monoisotopic (exact) mass is 281 g/mol. The predicted molar refractivity (Wildman–Crippen MR) is 81.2 cm³/mol. The second kappa shape index (κ2) is 7.91. The van der Waals surface area contributed by atoms with Gasteiger partial charge in [0.25, 0.3) is 0 Å². The number of rotatable bonds is 5. The lowest BCUT2D eigenvalue weighted by Gasteiger charge is -2.26. The van der Waals surface area contributed by atoms with Gasteiger partial charge < -0.3 is 5.32 Å². The molecule has 0 saturated heterocycles. The van der Waals surface area contributed by atoms with Crippen LogP contribution in [0.25, 0.3) is 0 Å². The van der Waals surface area contributed by atoms with E-state index < -0.39 is 0 Å². The molecule has 2 unspecified atom stereocenters. The Balaban J connectivity index is 2.03. The van der Waals surface area contributed by atoms with E-state index in [1.165, 1.54) is 32.1 Å². The smallest absolute Gasteiger partial charge is 0.136 e. The summed E-state index contributed by atoms with van der Waals surface area (Å²) in [5.41, 5.74) is 0. The van der Waals surface area contributed by atoms with Crippen molar-refractivity contribution in [1.29, 1.82) is 0 Å². The van der Waals surface area contributed by atoms with Crippen molar-refractivity contribution in [2.45, 2.75) is 61.6 Å². The molecule has 1 saturated carbocycles. The van der Waals surface area contributed by atoms with Crippen LogP contribution in [0.1, 0.15) is 45.4 Å². The first-order valence-electron chi connectivity index (χ1n) is 7.46. The molecule has 1 aromatic carbocycles. The molecule has 3 heteroatoms. The van der Waals surface area contributed by atoms with Gasteiger partial charge in [-0.2, -0.15) is 0 Å². The third-order valence-corrected chi connectivity index (χ3v) is 5.18. The van der Waals surface area contributed by atoms with Crippen LogP contribution in [0.4, 0.5) is 4.39 Å². The summed E-state index contributed by atoms with van der Waals surface area (Å²) in [5, 5.41) is 4.16. The van der Waals surface area contributed by atoms with Crippen LogP contribution < -0.4 is 5.32 Å². The predicted octanol–water partition coefficient (Wildman–Crippen LogP) is 4.62. The lowest BCUT2D eigenvalue weighted by Crippen LogP contribution is -2.37. The summed E-state index contributed by atoms with van der Waals surface area (Å²) in [6.45, 7) is 3.27. The average molecular weight is 281 g/mol. The molecule has 1 fully saturated rings. The molecular formula is C16H24FNS. The standard InChI is InChI=1S/C16H24FNS/c1-2-12-18-14-9-4-3-5-11-16(14)19-15-10-7-6-8-13(15)17/h6-8,10,14,16,18H,2-5,9,11-12H2,1H3. The van der Waals surface area contributed by atoms with Crippen molar-refractivity contribution in [2.75, 3.05) is 6.54 Å². The maximum Gasteiger partial charge on any atom is 0.136 e. The van der Waals surface area contributed by atoms with Crippen LogP contribution in [0.5, 0.6) is 0 Å². The van der Waals surface area contributed by atoms with Gasteiger partial charge in [-0.25, -0.2) is 4.39 Å². The zero-order valence-corrected chi connectivity index (χ0v) is 12.5. The van der Waals surface area contributed by atoms with Crippen molar-refractivity contribution in [3.8, 4) is 0 Å². The molecule has 2 rings (SSSR count). The largest absolute Gasteiger partial charge is 0.313 e. The number of benzene rings is 1. The number of nitrogens with one attached hydrogen (secondary N) is 1. The van der Waals surface area contributed by atoms with Crippen LogP contribution in [0.15, 0.2) is 29.2 Å². The van der Waals surface area contributed by atoms with E-state index in [-0.39, 0.29) is 5.82 Å². The Hall–Kier alpha value is -0.540. The summed E-state index contributed by atoms with van der Waals surface area (Å²) >= 11 is 1.73. The van der Waals surface area contributed by atoms with Crippen LogP contribution in [-0.4, -0.2) is 17.8 Å². The molecule has 1 aliphatic carbocycles. The first-order chi connectivity index (χ1) is 9.31. The van der Waals surface area contributed by atoms with Gasteiger partial charge in [-0.05, 0) is 37.9 Å². The Morgan fingerprint density at radius 3 is 2.79 bits per heavy atom. The lowest BCUT2D eigenvalue weighted by molar-refractivity contribution is 0.469. The number of thioether (sulfide) groups is 1. The summed E-state index contributed by atoms with van der Waals surface area (Å²) in [7, 11) is 0.